The zero-order chi connectivity index (χ0) is 16.4. The van der Waals surface area contributed by atoms with E-state index >= 15 is 0 Å². The molecule has 0 aliphatic rings. The molecule has 1 aromatic carbocycles. The molecule has 118 valence electrons. The van der Waals surface area contributed by atoms with Crippen LogP contribution in [0.5, 0.6) is 0 Å². The van der Waals surface area contributed by atoms with Gasteiger partial charge in [0.2, 0.25) is 5.95 Å². The fraction of sp³-hybridized carbons (Fsp3) is 0.278. The predicted molar refractivity (Wildman–Crippen MR) is 92.8 cm³/mol. The Morgan fingerprint density at radius 3 is 2.43 bits per heavy atom. The van der Waals surface area contributed by atoms with Crippen molar-refractivity contribution >= 4 is 11.6 Å². The number of rotatable bonds is 4. The van der Waals surface area contributed by atoms with Gasteiger partial charge in [0.1, 0.15) is 0 Å². The van der Waals surface area contributed by atoms with E-state index in [1.165, 1.54) is 5.56 Å². The van der Waals surface area contributed by atoms with Gasteiger partial charge in [0, 0.05) is 25.0 Å². The van der Waals surface area contributed by atoms with Gasteiger partial charge in [-0.05, 0) is 24.0 Å². The average molecular weight is 307 g/mol. The maximum Gasteiger partial charge on any atom is 0.227 e. The van der Waals surface area contributed by atoms with Gasteiger partial charge in [-0.25, -0.2) is 9.97 Å². The van der Waals surface area contributed by atoms with E-state index in [0.717, 1.165) is 22.5 Å². The van der Waals surface area contributed by atoms with E-state index in [-0.39, 0.29) is 0 Å². The first kappa shape index (κ1) is 15.2. The fourth-order valence-corrected chi connectivity index (χ4v) is 2.44. The minimum atomic E-state index is 0.526. The summed E-state index contributed by atoms with van der Waals surface area (Å²) in [6.07, 6.45) is 5.48. The molecule has 0 radical (unpaired) electrons. The second-order valence-corrected chi connectivity index (χ2v) is 6.03. The van der Waals surface area contributed by atoms with Gasteiger partial charge in [0.05, 0.1) is 17.6 Å². The summed E-state index contributed by atoms with van der Waals surface area (Å²) in [7, 11) is 1.88. The van der Waals surface area contributed by atoms with Crippen LogP contribution in [-0.4, -0.2) is 19.7 Å². The Bertz CT molecular complexity index is 803. The number of benzene rings is 1. The topological polar surface area (TPSA) is 55.6 Å². The average Bonchev–Trinajstić information content (AvgIpc) is 2.94. The standard InChI is InChI=1S/C18H21N5/c1-12(2)14-5-7-15(8-6-14)17-13(3)9-19-18(22-17)21-16-10-20-23(4)11-16/h5-12H,1-4H3,(H,19,21,22). The Morgan fingerprint density at radius 2 is 1.83 bits per heavy atom. The first-order chi connectivity index (χ1) is 11.0. The SMILES string of the molecule is Cc1cnc(Nc2cnn(C)c2)nc1-c1ccc(C(C)C)cc1. The van der Waals surface area contributed by atoms with Crippen LogP contribution in [0.2, 0.25) is 0 Å². The number of hydrogen-bond donors (Lipinski definition) is 1. The summed E-state index contributed by atoms with van der Waals surface area (Å²) in [5.74, 6) is 1.10. The lowest BCUT2D eigenvalue weighted by Crippen LogP contribution is -1.99. The highest BCUT2D eigenvalue weighted by Gasteiger charge is 2.08. The van der Waals surface area contributed by atoms with Gasteiger partial charge in [-0.15, -0.1) is 0 Å². The lowest BCUT2D eigenvalue weighted by molar-refractivity contribution is 0.768. The van der Waals surface area contributed by atoms with Crippen LogP contribution >= 0.6 is 0 Å². The molecule has 3 rings (SSSR count). The van der Waals surface area contributed by atoms with Gasteiger partial charge in [0.15, 0.2) is 0 Å². The maximum absolute atomic E-state index is 4.66. The van der Waals surface area contributed by atoms with Crippen LogP contribution < -0.4 is 5.32 Å². The van der Waals surface area contributed by atoms with E-state index < -0.39 is 0 Å². The van der Waals surface area contributed by atoms with E-state index in [0.29, 0.717) is 11.9 Å². The van der Waals surface area contributed by atoms with Crippen LogP contribution in [0.25, 0.3) is 11.3 Å². The molecule has 3 aromatic rings. The van der Waals surface area contributed by atoms with Gasteiger partial charge in [-0.2, -0.15) is 5.10 Å². The molecule has 0 saturated carbocycles. The highest BCUT2D eigenvalue weighted by atomic mass is 15.3. The highest BCUT2D eigenvalue weighted by Crippen LogP contribution is 2.25. The van der Waals surface area contributed by atoms with Crippen molar-refractivity contribution in [3.05, 3.63) is 54.0 Å². The molecule has 5 heteroatoms. The smallest absolute Gasteiger partial charge is 0.227 e. The lowest BCUT2D eigenvalue weighted by atomic mass is 10.00. The van der Waals surface area contributed by atoms with Crippen molar-refractivity contribution in [1.82, 2.24) is 19.7 Å². The van der Waals surface area contributed by atoms with Crippen molar-refractivity contribution in [3.8, 4) is 11.3 Å². The summed E-state index contributed by atoms with van der Waals surface area (Å²) in [4.78, 5) is 9.02. The zero-order valence-corrected chi connectivity index (χ0v) is 13.9. The molecule has 0 fully saturated rings. The number of hydrogen-bond acceptors (Lipinski definition) is 4. The van der Waals surface area contributed by atoms with Crippen LogP contribution in [0.3, 0.4) is 0 Å². The number of aryl methyl sites for hydroxylation is 2. The molecule has 0 atom stereocenters. The quantitative estimate of drug-likeness (QED) is 0.790. The molecule has 0 aliphatic carbocycles. The molecule has 0 amide bonds. The predicted octanol–water partition coefficient (Wildman–Crippen LogP) is 4.05. The molecular weight excluding hydrogens is 286 g/mol. The molecule has 2 heterocycles. The molecule has 23 heavy (non-hydrogen) atoms. The van der Waals surface area contributed by atoms with Crippen LogP contribution in [0.4, 0.5) is 11.6 Å². The number of nitrogens with one attached hydrogen (secondary N) is 1. The minimum Gasteiger partial charge on any atom is -0.321 e. The van der Waals surface area contributed by atoms with Gasteiger partial charge >= 0.3 is 0 Å². The first-order valence-corrected chi connectivity index (χ1v) is 7.72. The largest absolute Gasteiger partial charge is 0.321 e. The Kier molecular flexibility index (Phi) is 4.10. The molecule has 0 unspecified atom stereocenters. The van der Waals surface area contributed by atoms with Crippen molar-refractivity contribution < 1.29 is 0 Å². The number of aromatic nitrogens is 4. The number of nitrogens with zero attached hydrogens (tertiary/aromatic N) is 4. The van der Waals surface area contributed by atoms with Gasteiger partial charge in [-0.1, -0.05) is 38.1 Å². The molecule has 0 saturated heterocycles. The van der Waals surface area contributed by atoms with Gasteiger partial charge in [0.25, 0.3) is 0 Å². The van der Waals surface area contributed by atoms with Crippen molar-refractivity contribution in [2.75, 3.05) is 5.32 Å². The van der Waals surface area contributed by atoms with Gasteiger partial charge < -0.3 is 5.32 Å². The van der Waals surface area contributed by atoms with Crippen LogP contribution in [-0.2, 0) is 7.05 Å². The summed E-state index contributed by atoms with van der Waals surface area (Å²) >= 11 is 0. The Hall–Kier alpha value is -2.69. The third kappa shape index (κ3) is 3.39. The summed E-state index contributed by atoms with van der Waals surface area (Å²) in [5, 5.41) is 7.32. The molecule has 1 N–H and O–H groups in total. The fourth-order valence-electron chi connectivity index (χ4n) is 2.44. The summed E-state index contributed by atoms with van der Waals surface area (Å²) in [6.45, 7) is 6.42. The van der Waals surface area contributed by atoms with Crippen molar-refractivity contribution in [1.29, 1.82) is 0 Å². The zero-order valence-electron chi connectivity index (χ0n) is 13.9. The van der Waals surface area contributed by atoms with E-state index in [4.69, 9.17) is 0 Å². The Balaban J connectivity index is 1.90. The van der Waals surface area contributed by atoms with E-state index in [2.05, 4.69) is 58.5 Å². The second kappa shape index (κ2) is 6.20. The van der Waals surface area contributed by atoms with Crippen LogP contribution in [0.15, 0.2) is 42.9 Å². The minimum absolute atomic E-state index is 0.526. The van der Waals surface area contributed by atoms with E-state index in [1.807, 2.05) is 26.4 Å². The van der Waals surface area contributed by atoms with Crippen LogP contribution in [0, 0.1) is 6.92 Å². The normalized spacial score (nSPS) is 11.0. The van der Waals surface area contributed by atoms with Gasteiger partial charge in [-0.3, -0.25) is 4.68 Å². The molecule has 0 spiro atoms. The second-order valence-electron chi connectivity index (χ2n) is 6.03. The highest BCUT2D eigenvalue weighted by molar-refractivity contribution is 5.65. The molecular formula is C18H21N5. The molecule has 0 aliphatic heterocycles. The monoisotopic (exact) mass is 307 g/mol. The third-order valence-corrected chi connectivity index (χ3v) is 3.78. The summed E-state index contributed by atoms with van der Waals surface area (Å²) in [5.41, 5.74) is 5.30. The van der Waals surface area contributed by atoms with Crippen molar-refractivity contribution in [3.63, 3.8) is 0 Å². The molecule has 5 nitrogen and oxygen atoms in total. The van der Waals surface area contributed by atoms with Crippen molar-refractivity contribution in [2.24, 2.45) is 7.05 Å². The summed E-state index contributed by atoms with van der Waals surface area (Å²) < 4.78 is 1.74. The first-order valence-electron chi connectivity index (χ1n) is 7.72. The third-order valence-electron chi connectivity index (χ3n) is 3.78. The maximum atomic E-state index is 4.66. The lowest BCUT2D eigenvalue weighted by Gasteiger charge is -2.10. The van der Waals surface area contributed by atoms with E-state index in [9.17, 15) is 0 Å². The van der Waals surface area contributed by atoms with E-state index in [1.54, 1.807) is 10.9 Å². The molecule has 0 bridgehead atoms. The summed E-state index contributed by atoms with van der Waals surface area (Å²) in [6, 6.07) is 8.57. The van der Waals surface area contributed by atoms with Crippen molar-refractivity contribution in [2.45, 2.75) is 26.7 Å². The van der Waals surface area contributed by atoms with Crippen LogP contribution in [0.1, 0.15) is 30.9 Å². The number of anilines is 2. The molecule has 2 aromatic heterocycles. The Labute approximate surface area is 136 Å². The Morgan fingerprint density at radius 1 is 1.09 bits per heavy atom.